The Morgan fingerprint density at radius 2 is 2.10 bits per heavy atom. The Balaban J connectivity index is 2.17. The van der Waals surface area contributed by atoms with Crippen molar-refractivity contribution in [1.82, 2.24) is 10.0 Å². The van der Waals surface area contributed by atoms with Crippen LogP contribution in [0.2, 0.25) is 0 Å². The van der Waals surface area contributed by atoms with Crippen molar-refractivity contribution in [2.45, 2.75) is 36.7 Å². The molecule has 116 valence electrons. The number of ether oxygens (including phenoxy) is 1. The minimum absolute atomic E-state index is 0.0127. The van der Waals surface area contributed by atoms with E-state index < -0.39 is 27.8 Å². The molecule has 0 radical (unpaired) electrons. The number of carbonyl (C=O) groups excluding carboxylic acids is 1. The average molecular weight is 316 g/mol. The summed E-state index contributed by atoms with van der Waals surface area (Å²) in [5, 5.41) is 2.70. The average Bonchev–Trinajstić information content (AvgIpc) is 3.22. The van der Waals surface area contributed by atoms with E-state index in [1.54, 1.807) is 0 Å². The molecule has 6 nitrogen and oxygen atoms in total. The predicted molar refractivity (Wildman–Crippen MR) is 73.9 cm³/mol. The molecule has 0 spiro atoms. The molecule has 1 unspecified atom stereocenters. The lowest BCUT2D eigenvalue weighted by molar-refractivity contribution is -0.122. The number of amides is 1. The van der Waals surface area contributed by atoms with Crippen LogP contribution in [0.4, 0.5) is 4.39 Å². The number of halogens is 1. The van der Waals surface area contributed by atoms with Crippen LogP contribution in [0.1, 0.15) is 19.8 Å². The molecule has 0 saturated heterocycles. The summed E-state index contributed by atoms with van der Waals surface area (Å²) in [6.45, 7) is 1.43. The summed E-state index contributed by atoms with van der Waals surface area (Å²) in [6.07, 6.45) is 1.81. The van der Waals surface area contributed by atoms with Gasteiger partial charge in [0.2, 0.25) is 15.9 Å². The quantitative estimate of drug-likeness (QED) is 0.812. The number of rotatable bonds is 6. The van der Waals surface area contributed by atoms with Crippen molar-refractivity contribution >= 4 is 15.9 Å². The van der Waals surface area contributed by atoms with E-state index in [4.69, 9.17) is 4.74 Å². The number of nitrogens with one attached hydrogen (secondary N) is 2. The monoisotopic (exact) mass is 316 g/mol. The number of sulfonamides is 1. The smallest absolute Gasteiger partial charge is 0.245 e. The van der Waals surface area contributed by atoms with Gasteiger partial charge in [0.25, 0.3) is 0 Å². The second-order valence-corrected chi connectivity index (χ2v) is 6.60. The van der Waals surface area contributed by atoms with Crippen molar-refractivity contribution in [1.29, 1.82) is 0 Å². The van der Waals surface area contributed by atoms with Gasteiger partial charge in [0, 0.05) is 6.04 Å². The van der Waals surface area contributed by atoms with Crippen LogP contribution in [-0.2, 0) is 14.8 Å². The van der Waals surface area contributed by atoms with Crippen molar-refractivity contribution in [2.24, 2.45) is 0 Å². The van der Waals surface area contributed by atoms with Crippen molar-refractivity contribution in [2.75, 3.05) is 7.11 Å². The summed E-state index contributed by atoms with van der Waals surface area (Å²) in [5.41, 5.74) is 0. The van der Waals surface area contributed by atoms with Gasteiger partial charge in [-0.15, -0.1) is 0 Å². The molecule has 8 heteroatoms. The molecule has 1 saturated carbocycles. The van der Waals surface area contributed by atoms with Gasteiger partial charge in [0.05, 0.1) is 13.2 Å². The predicted octanol–water partition coefficient (Wildman–Crippen LogP) is 0.780. The summed E-state index contributed by atoms with van der Waals surface area (Å²) in [6, 6.07) is 2.35. The van der Waals surface area contributed by atoms with Crippen LogP contribution >= 0.6 is 0 Å². The van der Waals surface area contributed by atoms with Crippen LogP contribution < -0.4 is 14.8 Å². The zero-order valence-electron chi connectivity index (χ0n) is 11.7. The number of methoxy groups -OCH3 is 1. The van der Waals surface area contributed by atoms with Gasteiger partial charge in [0.1, 0.15) is 16.5 Å². The third-order valence-corrected chi connectivity index (χ3v) is 4.63. The first-order chi connectivity index (χ1) is 9.83. The van der Waals surface area contributed by atoms with Gasteiger partial charge in [-0.2, -0.15) is 4.72 Å². The summed E-state index contributed by atoms with van der Waals surface area (Å²) in [5.74, 6) is -1.10. The molecule has 1 aromatic carbocycles. The molecule has 1 aromatic rings. The normalized spacial score (nSPS) is 16.3. The minimum atomic E-state index is -4.06. The molecule has 1 amide bonds. The van der Waals surface area contributed by atoms with Gasteiger partial charge in [-0.1, -0.05) is 0 Å². The van der Waals surface area contributed by atoms with Gasteiger partial charge in [0.15, 0.2) is 0 Å². The molecule has 0 bridgehead atoms. The molecule has 0 heterocycles. The topological polar surface area (TPSA) is 84.5 Å². The van der Waals surface area contributed by atoms with Crippen LogP contribution in [0.5, 0.6) is 5.75 Å². The molecule has 1 fully saturated rings. The van der Waals surface area contributed by atoms with Crippen molar-refractivity contribution in [3.8, 4) is 5.75 Å². The minimum Gasteiger partial charge on any atom is -0.495 e. The number of hydrogen-bond acceptors (Lipinski definition) is 4. The van der Waals surface area contributed by atoms with Gasteiger partial charge >= 0.3 is 0 Å². The maximum absolute atomic E-state index is 13.3. The first-order valence-corrected chi connectivity index (χ1v) is 7.98. The Kier molecular flexibility index (Phi) is 4.48. The molecule has 21 heavy (non-hydrogen) atoms. The van der Waals surface area contributed by atoms with Crippen LogP contribution in [0.15, 0.2) is 23.1 Å². The largest absolute Gasteiger partial charge is 0.495 e. The van der Waals surface area contributed by atoms with Crippen molar-refractivity contribution in [3.63, 3.8) is 0 Å². The number of hydrogen-bond donors (Lipinski definition) is 2. The fourth-order valence-corrected chi connectivity index (χ4v) is 3.15. The summed E-state index contributed by atoms with van der Waals surface area (Å²) < 4.78 is 44.9. The standard InChI is InChI=1S/C13H17FN2O4S/c1-8(13(17)15-10-4-5-10)16-21(18,19)12-7-9(14)3-6-11(12)20-2/h3,6-8,10,16H,4-5H2,1-2H3,(H,15,17). The summed E-state index contributed by atoms with van der Waals surface area (Å²) in [4.78, 5) is 11.4. The zero-order chi connectivity index (χ0) is 15.6. The van der Waals surface area contributed by atoms with Gasteiger partial charge in [-0.25, -0.2) is 12.8 Å². The molecule has 2 N–H and O–H groups in total. The van der Waals surface area contributed by atoms with E-state index in [1.807, 2.05) is 0 Å². The lowest BCUT2D eigenvalue weighted by Gasteiger charge is -2.15. The summed E-state index contributed by atoms with van der Waals surface area (Å²) >= 11 is 0. The van der Waals surface area contributed by atoms with Gasteiger partial charge in [-0.3, -0.25) is 4.79 Å². The first-order valence-electron chi connectivity index (χ1n) is 6.49. The number of benzene rings is 1. The van der Waals surface area contributed by atoms with E-state index in [0.717, 1.165) is 25.0 Å². The van der Waals surface area contributed by atoms with Crippen LogP contribution in [0, 0.1) is 5.82 Å². The van der Waals surface area contributed by atoms with Crippen LogP contribution in [-0.4, -0.2) is 33.5 Å². The highest BCUT2D eigenvalue weighted by atomic mass is 32.2. The highest BCUT2D eigenvalue weighted by molar-refractivity contribution is 7.89. The zero-order valence-corrected chi connectivity index (χ0v) is 12.5. The molecule has 1 aliphatic carbocycles. The molecular weight excluding hydrogens is 299 g/mol. The van der Waals surface area contributed by atoms with E-state index in [9.17, 15) is 17.6 Å². The third kappa shape index (κ3) is 3.92. The summed E-state index contributed by atoms with van der Waals surface area (Å²) in [7, 11) is -2.77. The second kappa shape index (κ2) is 5.98. The van der Waals surface area contributed by atoms with E-state index in [1.165, 1.54) is 20.1 Å². The van der Waals surface area contributed by atoms with Crippen LogP contribution in [0.25, 0.3) is 0 Å². The molecular formula is C13H17FN2O4S. The lowest BCUT2D eigenvalue weighted by atomic mass is 10.3. The number of carbonyl (C=O) groups is 1. The molecule has 0 aliphatic heterocycles. The fourth-order valence-electron chi connectivity index (χ4n) is 1.76. The third-order valence-electron chi connectivity index (χ3n) is 3.06. The Labute approximate surface area is 122 Å². The SMILES string of the molecule is COc1ccc(F)cc1S(=O)(=O)NC(C)C(=O)NC1CC1. The van der Waals surface area contributed by atoms with E-state index >= 15 is 0 Å². The van der Waals surface area contributed by atoms with Gasteiger partial charge in [-0.05, 0) is 38.0 Å². The van der Waals surface area contributed by atoms with Crippen molar-refractivity contribution < 1.29 is 22.3 Å². The van der Waals surface area contributed by atoms with E-state index in [2.05, 4.69) is 10.0 Å². The van der Waals surface area contributed by atoms with Gasteiger partial charge < -0.3 is 10.1 Å². The Morgan fingerprint density at radius 3 is 2.67 bits per heavy atom. The van der Waals surface area contributed by atoms with E-state index in [0.29, 0.717) is 0 Å². The fraction of sp³-hybridized carbons (Fsp3) is 0.462. The maximum atomic E-state index is 13.3. The molecule has 1 aliphatic rings. The molecule has 1 atom stereocenters. The van der Waals surface area contributed by atoms with E-state index in [-0.39, 0.29) is 16.7 Å². The highest BCUT2D eigenvalue weighted by Crippen LogP contribution is 2.24. The Hall–Kier alpha value is -1.67. The second-order valence-electron chi connectivity index (χ2n) is 4.92. The van der Waals surface area contributed by atoms with Crippen molar-refractivity contribution in [3.05, 3.63) is 24.0 Å². The van der Waals surface area contributed by atoms with Crippen LogP contribution in [0.3, 0.4) is 0 Å². The molecule has 0 aromatic heterocycles. The Morgan fingerprint density at radius 1 is 1.43 bits per heavy atom. The maximum Gasteiger partial charge on any atom is 0.245 e. The Bertz CT molecular complexity index is 644. The first kappa shape index (κ1) is 15.7. The highest BCUT2D eigenvalue weighted by Gasteiger charge is 2.29. The lowest BCUT2D eigenvalue weighted by Crippen LogP contribution is -2.45. The molecule has 2 rings (SSSR count).